The van der Waals surface area contributed by atoms with Gasteiger partial charge in [-0.2, -0.15) is 0 Å². The maximum absolute atomic E-state index is 12.1. The molecular formula is C19H22N2O4. The van der Waals surface area contributed by atoms with E-state index in [9.17, 15) is 9.59 Å². The van der Waals surface area contributed by atoms with Crippen LogP contribution in [0, 0.1) is 13.8 Å². The van der Waals surface area contributed by atoms with E-state index in [-0.39, 0.29) is 12.3 Å². The van der Waals surface area contributed by atoms with Crippen molar-refractivity contribution in [3.05, 3.63) is 47.5 Å². The van der Waals surface area contributed by atoms with Gasteiger partial charge < -0.3 is 20.1 Å². The van der Waals surface area contributed by atoms with Crippen molar-refractivity contribution in [1.29, 1.82) is 0 Å². The molecule has 6 nitrogen and oxygen atoms in total. The minimum absolute atomic E-state index is 0.276. The molecule has 0 fully saturated rings. The molecule has 0 radical (unpaired) electrons. The van der Waals surface area contributed by atoms with Crippen molar-refractivity contribution in [3.63, 3.8) is 0 Å². The number of nitrogens with one attached hydrogen (secondary N) is 2. The lowest BCUT2D eigenvalue weighted by Crippen LogP contribution is -2.21. The van der Waals surface area contributed by atoms with Crippen LogP contribution in [0.4, 0.5) is 11.4 Å². The molecule has 6 heteroatoms. The Hall–Kier alpha value is -3.02. The van der Waals surface area contributed by atoms with Gasteiger partial charge in [0.15, 0.2) is 11.5 Å². The van der Waals surface area contributed by atoms with Gasteiger partial charge in [-0.25, -0.2) is 0 Å². The van der Waals surface area contributed by atoms with Crippen LogP contribution >= 0.6 is 0 Å². The van der Waals surface area contributed by atoms with E-state index >= 15 is 0 Å². The van der Waals surface area contributed by atoms with Gasteiger partial charge >= 0.3 is 0 Å². The molecule has 0 spiro atoms. The highest BCUT2D eigenvalue weighted by Crippen LogP contribution is 2.29. The molecule has 0 heterocycles. The number of hydrogen-bond acceptors (Lipinski definition) is 4. The smallest absolute Gasteiger partial charge is 0.233 e. The summed E-state index contributed by atoms with van der Waals surface area (Å²) in [4.78, 5) is 24.1. The Labute approximate surface area is 147 Å². The van der Waals surface area contributed by atoms with Gasteiger partial charge in [0.1, 0.15) is 6.42 Å². The van der Waals surface area contributed by atoms with E-state index in [1.807, 2.05) is 32.0 Å². The molecule has 0 unspecified atom stereocenters. The first kappa shape index (κ1) is 18.3. The summed E-state index contributed by atoms with van der Waals surface area (Å²) < 4.78 is 10.3. The van der Waals surface area contributed by atoms with Crippen molar-refractivity contribution in [2.75, 3.05) is 24.9 Å². The van der Waals surface area contributed by atoms with Gasteiger partial charge in [-0.05, 0) is 37.6 Å². The summed E-state index contributed by atoms with van der Waals surface area (Å²) in [7, 11) is 3.05. The summed E-state index contributed by atoms with van der Waals surface area (Å²) in [5.41, 5.74) is 3.30. The Bertz CT molecular complexity index is 787. The average molecular weight is 342 g/mol. The van der Waals surface area contributed by atoms with Gasteiger partial charge in [0.05, 0.1) is 14.2 Å². The molecule has 0 atom stereocenters. The summed E-state index contributed by atoms with van der Waals surface area (Å²) in [6, 6.07) is 10.7. The number of carbonyl (C=O) groups excluding carboxylic acids is 2. The van der Waals surface area contributed by atoms with E-state index in [1.54, 1.807) is 18.2 Å². The zero-order valence-electron chi connectivity index (χ0n) is 14.8. The van der Waals surface area contributed by atoms with Crippen LogP contribution in [0.2, 0.25) is 0 Å². The quantitative estimate of drug-likeness (QED) is 0.790. The molecule has 2 N–H and O–H groups in total. The second kappa shape index (κ2) is 8.19. The third-order valence-corrected chi connectivity index (χ3v) is 3.64. The van der Waals surface area contributed by atoms with Crippen LogP contribution in [-0.2, 0) is 9.59 Å². The molecule has 2 rings (SSSR count). The third kappa shape index (κ3) is 4.97. The number of hydrogen-bond donors (Lipinski definition) is 2. The van der Waals surface area contributed by atoms with Gasteiger partial charge in [-0.15, -0.1) is 0 Å². The van der Waals surface area contributed by atoms with E-state index in [0.29, 0.717) is 22.9 Å². The highest BCUT2D eigenvalue weighted by molar-refractivity contribution is 6.08. The largest absolute Gasteiger partial charge is 0.493 e. The summed E-state index contributed by atoms with van der Waals surface area (Å²) in [5, 5.41) is 5.42. The molecule has 132 valence electrons. The summed E-state index contributed by atoms with van der Waals surface area (Å²) >= 11 is 0. The third-order valence-electron chi connectivity index (χ3n) is 3.64. The van der Waals surface area contributed by atoms with E-state index in [0.717, 1.165) is 11.1 Å². The van der Waals surface area contributed by atoms with Gasteiger partial charge in [-0.1, -0.05) is 17.7 Å². The van der Waals surface area contributed by atoms with E-state index in [4.69, 9.17) is 9.47 Å². The Morgan fingerprint density at radius 3 is 2.20 bits per heavy atom. The van der Waals surface area contributed by atoms with E-state index in [2.05, 4.69) is 10.6 Å². The summed E-state index contributed by atoms with van der Waals surface area (Å²) in [6.07, 6.45) is -0.276. The Morgan fingerprint density at radius 2 is 1.56 bits per heavy atom. The first-order valence-electron chi connectivity index (χ1n) is 7.82. The molecule has 0 aliphatic heterocycles. The molecule has 0 aromatic heterocycles. The number of benzene rings is 2. The average Bonchev–Trinajstić information content (AvgIpc) is 2.57. The van der Waals surface area contributed by atoms with Crippen LogP contribution in [0.3, 0.4) is 0 Å². The second-order valence-electron chi connectivity index (χ2n) is 5.66. The molecule has 2 aromatic rings. The maximum atomic E-state index is 12.1. The standard InChI is InChI=1S/C19H22N2O4/c1-12-5-7-15(13(2)9-12)21-19(23)11-18(22)20-14-6-8-16(24-3)17(10-14)25-4/h5-10H,11H2,1-4H3,(H,20,22)(H,21,23). The van der Waals surface area contributed by atoms with Gasteiger partial charge in [0.25, 0.3) is 0 Å². The lowest BCUT2D eigenvalue weighted by Gasteiger charge is -2.11. The maximum Gasteiger partial charge on any atom is 0.233 e. The fraction of sp³-hybridized carbons (Fsp3) is 0.263. The van der Waals surface area contributed by atoms with Crippen LogP contribution in [-0.4, -0.2) is 26.0 Å². The van der Waals surface area contributed by atoms with Crippen molar-refractivity contribution in [3.8, 4) is 11.5 Å². The SMILES string of the molecule is COc1ccc(NC(=O)CC(=O)Nc2ccc(C)cc2C)cc1OC. The molecule has 0 aliphatic rings. The van der Waals surface area contributed by atoms with Gasteiger partial charge in [0.2, 0.25) is 11.8 Å². The number of rotatable bonds is 6. The Morgan fingerprint density at radius 1 is 0.880 bits per heavy atom. The van der Waals surface area contributed by atoms with Crippen LogP contribution in [0.25, 0.3) is 0 Å². The normalized spacial score (nSPS) is 10.1. The van der Waals surface area contributed by atoms with Crippen molar-refractivity contribution in [1.82, 2.24) is 0 Å². The Balaban J connectivity index is 1.96. The minimum atomic E-state index is -0.408. The van der Waals surface area contributed by atoms with E-state index in [1.165, 1.54) is 14.2 Å². The lowest BCUT2D eigenvalue weighted by molar-refractivity contribution is -0.123. The fourth-order valence-corrected chi connectivity index (χ4v) is 2.41. The first-order chi connectivity index (χ1) is 11.9. The summed E-state index contributed by atoms with van der Waals surface area (Å²) in [6.45, 7) is 3.89. The van der Waals surface area contributed by atoms with Crippen LogP contribution in [0.1, 0.15) is 17.5 Å². The van der Waals surface area contributed by atoms with Crippen molar-refractivity contribution in [2.24, 2.45) is 0 Å². The minimum Gasteiger partial charge on any atom is -0.493 e. The van der Waals surface area contributed by atoms with Crippen LogP contribution in [0.15, 0.2) is 36.4 Å². The fourth-order valence-electron chi connectivity index (χ4n) is 2.41. The molecule has 0 aliphatic carbocycles. The lowest BCUT2D eigenvalue weighted by atomic mass is 10.1. The predicted octanol–water partition coefficient (Wildman–Crippen LogP) is 3.29. The number of ether oxygens (including phenoxy) is 2. The molecule has 2 aromatic carbocycles. The van der Waals surface area contributed by atoms with Crippen LogP contribution in [0.5, 0.6) is 11.5 Å². The van der Waals surface area contributed by atoms with Gasteiger partial charge in [0, 0.05) is 17.4 Å². The molecule has 25 heavy (non-hydrogen) atoms. The molecular weight excluding hydrogens is 320 g/mol. The number of methoxy groups -OCH3 is 2. The van der Waals surface area contributed by atoms with Gasteiger partial charge in [-0.3, -0.25) is 9.59 Å². The summed E-state index contributed by atoms with van der Waals surface area (Å²) in [5.74, 6) is 0.285. The second-order valence-corrected chi connectivity index (χ2v) is 5.66. The highest BCUT2D eigenvalue weighted by atomic mass is 16.5. The van der Waals surface area contributed by atoms with E-state index < -0.39 is 5.91 Å². The van der Waals surface area contributed by atoms with Crippen molar-refractivity contribution >= 4 is 23.2 Å². The Kier molecular flexibility index (Phi) is 6.00. The zero-order valence-corrected chi connectivity index (χ0v) is 14.8. The number of amides is 2. The van der Waals surface area contributed by atoms with Crippen LogP contribution < -0.4 is 20.1 Å². The highest BCUT2D eigenvalue weighted by Gasteiger charge is 2.12. The number of carbonyl (C=O) groups is 2. The zero-order chi connectivity index (χ0) is 18.4. The first-order valence-corrected chi connectivity index (χ1v) is 7.82. The predicted molar refractivity (Wildman–Crippen MR) is 97.3 cm³/mol. The molecule has 2 amide bonds. The van der Waals surface area contributed by atoms with Crippen molar-refractivity contribution < 1.29 is 19.1 Å². The monoisotopic (exact) mass is 342 g/mol. The number of anilines is 2. The molecule has 0 saturated carbocycles. The topological polar surface area (TPSA) is 76.7 Å². The number of aryl methyl sites for hydroxylation is 2. The molecule has 0 saturated heterocycles. The van der Waals surface area contributed by atoms with Crippen molar-refractivity contribution in [2.45, 2.75) is 20.3 Å². The molecule has 0 bridgehead atoms.